The Hall–Kier alpha value is -1.99. The Morgan fingerprint density at radius 1 is 1.40 bits per heavy atom. The van der Waals surface area contributed by atoms with E-state index in [-0.39, 0.29) is 11.6 Å². The SMILES string of the molecule is CNCc1c(Oc2cccc(F)c2F)nc2sccn12. The molecule has 3 aromatic rings. The lowest BCUT2D eigenvalue weighted by Crippen LogP contribution is -2.08. The molecule has 104 valence electrons. The summed E-state index contributed by atoms with van der Waals surface area (Å²) in [7, 11) is 1.79. The van der Waals surface area contributed by atoms with Crippen molar-refractivity contribution in [2.45, 2.75) is 6.54 Å². The number of rotatable bonds is 4. The van der Waals surface area contributed by atoms with Crippen molar-refractivity contribution in [3.63, 3.8) is 0 Å². The zero-order chi connectivity index (χ0) is 14.1. The first-order valence-corrected chi connectivity index (χ1v) is 6.79. The highest BCUT2D eigenvalue weighted by Crippen LogP contribution is 2.30. The van der Waals surface area contributed by atoms with Crippen LogP contribution in [-0.2, 0) is 6.54 Å². The van der Waals surface area contributed by atoms with Crippen LogP contribution in [-0.4, -0.2) is 16.4 Å². The lowest BCUT2D eigenvalue weighted by molar-refractivity contribution is 0.402. The Morgan fingerprint density at radius 2 is 2.25 bits per heavy atom. The van der Waals surface area contributed by atoms with Gasteiger partial charge in [0.15, 0.2) is 16.5 Å². The average Bonchev–Trinajstić information content (AvgIpc) is 2.99. The molecule has 0 spiro atoms. The number of nitrogens with one attached hydrogen (secondary N) is 1. The van der Waals surface area contributed by atoms with Crippen LogP contribution in [0, 0.1) is 11.6 Å². The molecule has 0 aliphatic rings. The first-order valence-electron chi connectivity index (χ1n) is 5.91. The molecule has 7 heteroatoms. The molecule has 4 nitrogen and oxygen atoms in total. The Morgan fingerprint density at radius 3 is 3.05 bits per heavy atom. The summed E-state index contributed by atoms with van der Waals surface area (Å²) in [5, 5.41) is 4.90. The van der Waals surface area contributed by atoms with Gasteiger partial charge in [0.1, 0.15) is 5.69 Å². The second-order valence-corrected chi connectivity index (χ2v) is 4.98. The fourth-order valence-corrected chi connectivity index (χ4v) is 2.61. The molecule has 0 saturated heterocycles. The number of ether oxygens (including phenoxy) is 1. The third kappa shape index (κ3) is 2.14. The monoisotopic (exact) mass is 295 g/mol. The molecule has 0 amide bonds. The minimum absolute atomic E-state index is 0.173. The minimum Gasteiger partial charge on any atom is -0.434 e. The number of benzene rings is 1. The van der Waals surface area contributed by atoms with Crippen LogP contribution < -0.4 is 10.1 Å². The molecule has 0 saturated carbocycles. The van der Waals surface area contributed by atoms with Crippen LogP contribution in [0.5, 0.6) is 11.6 Å². The van der Waals surface area contributed by atoms with Gasteiger partial charge in [0, 0.05) is 18.1 Å². The van der Waals surface area contributed by atoms with Crippen LogP contribution in [0.15, 0.2) is 29.8 Å². The molecular formula is C13H11F2N3OS. The molecule has 0 aliphatic carbocycles. The average molecular weight is 295 g/mol. The second kappa shape index (κ2) is 5.18. The van der Waals surface area contributed by atoms with Gasteiger partial charge in [-0.25, -0.2) is 4.39 Å². The van der Waals surface area contributed by atoms with Crippen molar-refractivity contribution in [2.75, 3.05) is 7.05 Å². The highest BCUT2D eigenvalue weighted by atomic mass is 32.1. The number of imidazole rings is 1. The van der Waals surface area contributed by atoms with Gasteiger partial charge in [-0.1, -0.05) is 6.07 Å². The molecule has 0 aliphatic heterocycles. The molecule has 0 bridgehead atoms. The predicted molar refractivity (Wildman–Crippen MR) is 72.3 cm³/mol. The van der Waals surface area contributed by atoms with Crippen LogP contribution in [0.1, 0.15) is 5.69 Å². The van der Waals surface area contributed by atoms with E-state index >= 15 is 0 Å². The summed E-state index contributed by atoms with van der Waals surface area (Å²) in [6.07, 6.45) is 1.86. The van der Waals surface area contributed by atoms with E-state index in [1.54, 1.807) is 7.05 Å². The molecule has 0 fully saturated rings. The zero-order valence-corrected chi connectivity index (χ0v) is 11.4. The molecule has 1 aromatic carbocycles. The molecular weight excluding hydrogens is 284 g/mol. The van der Waals surface area contributed by atoms with Gasteiger partial charge in [0.2, 0.25) is 11.7 Å². The largest absolute Gasteiger partial charge is 0.434 e. The van der Waals surface area contributed by atoms with Crippen LogP contribution in [0.3, 0.4) is 0 Å². The molecule has 0 atom stereocenters. The number of aromatic nitrogens is 2. The first-order chi connectivity index (χ1) is 9.70. The number of halogens is 2. The topological polar surface area (TPSA) is 38.6 Å². The predicted octanol–water partition coefficient (Wildman–Crippen LogP) is 3.19. The molecule has 0 unspecified atom stereocenters. The molecule has 2 heterocycles. The summed E-state index contributed by atoms with van der Waals surface area (Å²) in [4.78, 5) is 5.03. The van der Waals surface area contributed by atoms with E-state index < -0.39 is 11.6 Å². The van der Waals surface area contributed by atoms with Crippen molar-refractivity contribution < 1.29 is 13.5 Å². The van der Waals surface area contributed by atoms with Crippen molar-refractivity contribution >= 4 is 16.3 Å². The van der Waals surface area contributed by atoms with Gasteiger partial charge >= 0.3 is 0 Å². The molecule has 1 N–H and O–H groups in total. The van der Waals surface area contributed by atoms with Gasteiger partial charge in [0.25, 0.3) is 0 Å². The summed E-state index contributed by atoms with van der Waals surface area (Å²) < 4.78 is 34.1. The lowest BCUT2D eigenvalue weighted by atomic mass is 10.3. The van der Waals surface area contributed by atoms with E-state index in [1.807, 2.05) is 16.0 Å². The number of hydrogen-bond acceptors (Lipinski definition) is 4. The normalized spacial score (nSPS) is 11.2. The van der Waals surface area contributed by atoms with Gasteiger partial charge < -0.3 is 10.1 Å². The van der Waals surface area contributed by atoms with E-state index in [4.69, 9.17) is 4.74 Å². The molecule has 3 rings (SSSR count). The van der Waals surface area contributed by atoms with Crippen LogP contribution in [0.4, 0.5) is 8.78 Å². The van der Waals surface area contributed by atoms with Crippen molar-refractivity contribution in [3.8, 4) is 11.6 Å². The Kier molecular flexibility index (Phi) is 3.37. The Bertz CT molecular complexity index is 753. The van der Waals surface area contributed by atoms with Crippen LogP contribution in [0.2, 0.25) is 0 Å². The van der Waals surface area contributed by atoms with Gasteiger partial charge in [-0.05, 0) is 19.2 Å². The highest BCUT2D eigenvalue weighted by Gasteiger charge is 2.17. The number of fused-ring (bicyclic) bond motifs is 1. The summed E-state index contributed by atoms with van der Waals surface area (Å²) in [5.74, 6) is -1.86. The van der Waals surface area contributed by atoms with Crippen molar-refractivity contribution in [2.24, 2.45) is 0 Å². The van der Waals surface area contributed by atoms with Crippen LogP contribution in [0.25, 0.3) is 4.96 Å². The fraction of sp³-hybridized carbons (Fsp3) is 0.154. The van der Waals surface area contributed by atoms with E-state index in [1.165, 1.54) is 23.5 Å². The number of hydrogen-bond donors (Lipinski definition) is 1. The molecule has 0 radical (unpaired) electrons. The van der Waals surface area contributed by atoms with Gasteiger partial charge in [-0.3, -0.25) is 4.40 Å². The van der Waals surface area contributed by atoms with Crippen LogP contribution >= 0.6 is 11.3 Å². The number of nitrogens with zero attached hydrogens (tertiary/aromatic N) is 2. The maximum absolute atomic E-state index is 13.6. The van der Waals surface area contributed by atoms with Crippen molar-refractivity contribution in [1.82, 2.24) is 14.7 Å². The summed E-state index contributed by atoms with van der Waals surface area (Å²) in [6, 6.07) is 3.81. The van der Waals surface area contributed by atoms with E-state index in [0.717, 1.165) is 16.7 Å². The standard InChI is InChI=1S/C13H11F2N3OS/c1-16-7-9-12(17-13-18(9)5-6-20-13)19-10-4-2-3-8(14)11(10)15/h2-6,16H,7H2,1H3. The zero-order valence-electron chi connectivity index (χ0n) is 10.6. The summed E-state index contributed by atoms with van der Waals surface area (Å²) in [6.45, 7) is 0.504. The van der Waals surface area contributed by atoms with Crippen molar-refractivity contribution in [1.29, 1.82) is 0 Å². The molecule has 2 aromatic heterocycles. The van der Waals surface area contributed by atoms with E-state index in [2.05, 4.69) is 10.3 Å². The number of thiazole rings is 1. The van der Waals surface area contributed by atoms with E-state index in [9.17, 15) is 8.78 Å². The van der Waals surface area contributed by atoms with E-state index in [0.29, 0.717) is 6.54 Å². The third-order valence-corrected chi connectivity index (χ3v) is 3.55. The third-order valence-electron chi connectivity index (χ3n) is 2.79. The minimum atomic E-state index is -1.01. The molecule has 20 heavy (non-hydrogen) atoms. The maximum atomic E-state index is 13.6. The first kappa shape index (κ1) is 13.0. The second-order valence-electron chi connectivity index (χ2n) is 4.10. The fourth-order valence-electron chi connectivity index (χ4n) is 1.89. The summed E-state index contributed by atoms with van der Waals surface area (Å²) in [5.41, 5.74) is 0.757. The lowest BCUT2D eigenvalue weighted by Gasteiger charge is -2.07. The van der Waals surface area contributed by atoms with Gasteiger partial charge in [0.05, 0.1) is 0 Å². The Labute approximate surface area is 117 Å². The highest BCUT2D eigenvalue weighted by molar-refractivity contribution is 7.15. The smallest absolute Gasteiger partial charge is 0.243 e. The van der Waals surface area contributed by atoms with Gasteiger partial charge in [-0.15, -0.1) is 11.3 Å². The Balaban J connectivity index is 2.03. The summed E-state index contributed by atoms with van der Waals surface area (Å²) >= 11 is 1.44. The van der Waals surface area contributed by atoms with Crippen molar-refractivity contribution in [3.05, 3.63) is 47.1 Å². The quantitative estimate of drug-likeness (QED) is 0.803. The van der Waals surface area contributed by atoms with Gasteiger partial charge in [-0.2, -0.15) is 9.37 Å². The maximum Gasteiger partial charge on any atom is 0.243 e.